The van der Waals surface area contributed by atoms with Gasteiger partial charge in [-0.25, -0.2) is 4.39 Å². The number of carbonyl (C=O) groups is 1. The highest BCUT2D eigenvalue weighted by atomic mass is 19.4. The molecule has 1 amide bonds. The molecule has 2 aromatic rings. The molecule has 0 unspecified atom stereocenters. The molecule has 0 saturated carbocycles. The van der Waals surface area contributed by atoms with Crippen molar-refractivity contribution < 1.29 is 22.4 Å². The van der Waals surface area contributed by atoms with Crippen molar-refractivity contribution in [2.45, 2.75) is 26.4 Å². The van der Waals surface area contributed by atoms with Crippen LogP contribution in [0.25, 0.3) is 5.57 Å². The largest absolute Gasteiger partial charge is 0.418 e. The van der Waals surface area contributed by atoms with Gasteiger partial charge in [0, 0.05) is 29.7 Å². The van der Waals surface area contributed by atoms with Crippen LogP contribution in [0.2, 0.25) is 0 Å². The Hall–Kier alpha value is -3.07. The van der Waals surface area contributed by atoms with Gasteiger partial charge in [-0.1, -0.05) is 19.9 Å². The van der Waals surface area contributed by atoms with Gasteiger partial charge in [-0.3, -0.25) is 4.79 Å². The number of amides is 1. The lowest BCUT2D eigenvalue weighted by atomic mass is 10.1. The third-order valence-electron chi connectivity index (χ3n) is 5.34. The van der Waals surface area contributed by atoms with Crippen LogP contribution in [0.15, 0.2) is 42.6 Å². The van der Waals surface area contributed by atoms with E-state index in [1.807, 2.05) is 13.8 Å². The number of rotatable bonds is 9. The van der Waals surface area contributed by atoms with Crippen LogP contribution in [0.1, 0.15) is 31.4 Å². The fourth-order valence-corrected chi connectivity index (χ4v) is 3.59. The van der Waals surface area contributed by atoms with Gasteiger partial charge in [0.15, 0.2) is 0 Å². The number of carbonyl (C=O) groups excluding carboxylic acids is 1. The molecule has 0 spiro atoms. The first-order valence-corrected chi connectivity index (χ1v) is 10.5. The monoisotopic (exact) mass is 450 g/mol. The zero-order chi connectivity index (χ0) is 23.3. The van der Waals surface area contributed by atoms with Crippen molar-refractivity contribution in [2.24, 2.45) is 0 Å². The molecule has 1 heterocycles. The van der Waals surface area contributed by atoms with Crippen molar-refractivity contribution in [1.29, 1.82) is 0 Å². The molecule has 32 heavy (non-hydrogen) atoms. The Morgan fingerprint density at radius 1 is 1.12 bits per heavy atom. The van der Waals surface area contributed by atoms with E-state index in [0.29, 0.717) is 18.7 Å². The summed E-state index contributed by atoms with van der Waals surface area (Å²) in [5.41, 5.74) is -0.256. The van der Waals surface area contributed by atoms with Crippen LogP contribution < -0.4 is 16.0 Å². The van der Waals surface area contributed by atoms with Gasteiger partial charge in [-0.15, -0.1) is 0 Å². The maximum absolute atomic E-state index is 14.1. The summed E-state index contributed by atoms with van der Waals surface area (Å²) >= 11 is 0. The fraction of sp³-hybridized carbons (Fsp3) is 0.348. The minimum atomic E-state index is -4.56. The minimum absolute atomic E-state index is 0.00903. The molecule has 5 nitrogen and oxygen atoms in total. The second-order valence-corrected chi connectivity index (χ2v) is 7.38. The number of nitrogens with zero attached hydrogens (tertiary/aromatic N) is 1. The minimum Gasteiger partial charge on any atom is -0.385 e. The van der Waals surface area contributed by atoms with Crippen LogP contribution >= 0.6 is 0 Å². The number of anilines is 3. The van der Waals surface area contributed by atoms with Crippen LogP contribution in [-0.2, 0) is 11.0 Å². The highest BCUT2D eigenvalue weighted by Gasteiger charge is 2.34. The topological polar surface area (TPSA) is 56.4 Å². The molecule has 0 aliphatic carbocycles. The SMILES string of the molecule is CCN(CC)CCCNc1ccc(N/C=C2\C(=O)Nc3cccc(F)c32)cc1C(F)(F)F. The average Bonchev–Trinajstić information content (AvgIpc) is 3.08. The lowest BCUT2D eigenvalue weighted by molar-refractivity contribution is -0.136. The summed E-state index contributed by atoms with van der Waals surface area (Å²) in [5.74, 6) is -1.12. The first kappa shape index (κ1) is 23.6. The van der Waals surface area contributed by atoms with E-state index in [1.165, 1.54) is 30.5 Å². The van der Waals surface area contributed by atoms with Gasteiger partial charge < -0.3 is 20.9 Å². The molecule has 1 aliphatic rings. The molecule has 1 aliphatic heterocycles. The lowest BCUT2D eigenvalue weighted by Crippen LogP contribution is -2.25. The Bertz CT molecular complexity index is 1000. The summed E-state index contributed by atoms with van der Waals surface area (Å²) in [5, 5.41) is 8.10. The Morgan fingerprint density at radius 2 is 1.88 bits per heavy atom. The van der Waals surface area contributed by atoms with Gasteiger partial charge in [0.05, 0.1) is 16.8 Å². The van der Waals surface area contributed by atoms with Crippen LogP contribution in [0.4, 0.5) is 34.6 Å². The highest BCUT2D eigenvalue weighted by molar-refractivity contribution is 6.31. The molecule has 0 atom stereocenters. The molecular weight excluding hydrogens is 424 g/mol. The van der Waals surface area contributed by atoms with Crippen molar-refractivity contribution in [2.75, 3.05) is 42.1 Å². The summed E-state index contributed by atoms with van der Waals surface area (Å²) < 4.78 is 55.0. The summed E-state index contributed by atoms with van der Waals surface area (Å²) in [6.07, 6.45) is -2.63. The summed E-state index contributed by atoms with van der Waals surface area (Å²) in [6.45, 7) is 7.09. The third kappa shape index (κ3) is 5.40. The van der Waals surface area contributed by atoms with Gasteiger partial charge in [-0.05, 0) is 56.4 Å². The molecule has 2 aromatic carbocycles. The van der Waals surface area contributed by atoms with Crippen molar-refractivity contribution in [3.63, 3.8) is 0 Å². The van der Waals surface area contributed by atoms with E-state index in [-0.39, 0.29) is 22.5 Å². The standard InChI is InChI=1S/C23H26F4N4O/c1-3-31(4-2)12-6-11-28-19-10-9-15(13-17(19)23(25,26)27)29-14-16-21-18(24)7-5-8-20(21)30-22(16)32/h5,7-10,13-14,28-29H,3-4,6,11-12H2,1-2H3,(H,30,32)/b16-14-. The Morgan fingerprint density at radius 3 is 2.56 bits per heavy atom. The molecule has 0 fully saturated rings. The normalized spacial score (nSPS) is 14.6. The van der Waals surface area contributed by atoms with Crippen molar-refractivity contribution >= 4 is 28.5 Å². The van der Waals surface area contributed by atoms with E-state index >= 15 is 0 Å². The number of nitrogens with one attached hydrogen (secondary N) is 3. The predicted octanol–water partition coefficient (Wildman–Crippen LogP) is 5.39. The van der Waals surface area contributed by atoms with E-state index in [4.69, 9.17) is 0 Å². The van der Waals surface area contributed by atoms with E-state index < -0.39 is 23.5 Å². The van der Waals surface area contributed by atoms with Gasteiger partial charge >= 0.3 is 6.18 Å². The first-order valence-electron chi connectivity index (χ1n) is 10.5. The quantitative estimate of drug-likeness (QED) is 0.272. The molecule has 172 valence electrons. The van der Waals surface area contributed by atoms with Gasteiger partial charge in [0.25, 0.3) is 5.91 Å². The Labute approximate surface area is 184 Å². The second-order valence-electron chi connectivity index (χ2n) is 7.38. The molecule has 0 saturated heterocycles. The molecule has 3 N–H and O–H groups in total. The molecule has 0 radical (unpaired) electrons. The van der Waals surface area contributed by atoms with Crippen LogP contribution in [0, 0.1) is 5.82 Å². The third-order valence-corrected chi connectivity index (χ3v) is 5.34. The number of hydrogen-bond acceptors (Lipinski definition) is 4. The summed E-state index contributed by atoms with van der Waals surface area (Å²) in [7, 11) is 0. The number of benzene rings is 2. The molecule has 3 rings (SSSR count). The van der Waals surface area contributed by atoms with E-state index in [9.17, 15) is 22.4 Å². The maximum Gasteiger partial charge on any atom is 0.418 e. The summed E-state index contributed by atoms with van der Waals surface area (Å²) in [6, 6.07) is 8.04. The van der Waals surface area contributed by atoms with E-state index in [2.05, 4.69) is 20.9 Å². The number of hydrogen-bond donors (Lipinski definition) is 3. The van der Waals surface area contributed by atoms with E-state index in [0.717, 1.165) is 25.7 Å². The number of halogens is 4. The zero-order valence-electron chi connectivity index (χ0n) is 17.9. The fourth-order valence-electron chi connectivity index (χ4n) is 3.59. The maximum atomic E-state index is 14.1. The van der Waals surface area contributed by atoms with Crippen molar-refractivity contribution in [1.82, 2.24) is 4.90 Å². The van der Waals surface area contributed by atoms with Gasteiger partial charge in [-0.2, -0.15) is 13.2 Å². The first-order chi connectivity index (χ1) is 15.2. The lowest BCUT2D eigenvalue weighted by Gasteiger charge is -2.19. The average molecular weight is 450 g/mol. The highest BCUT2D eigenvalue weighted by Crippen LogP contribution is 2.37. The zero-order valence-corrected chi connectivity index (χ0v) is 17.9. The van der Waals surface area contributed by atoms with Gasteiger partial charge in [0.1, 0.15) is 5.82 Å². The summed E-state index contributed by atoms with van der Waals surface area (Å²) in [4.78, 5) is 14.3. The smallest absolute Gasteiger partial charge is 0.385 e. The van der Waals surface area contributed by atoms with Crippen LogP contribution in [-0.4, -0.2) is 37.0 Å². The van der Waals surface area contributed by atoms with Crippen molar-refractivity contribution in [3.8, 4) is 0 Å². The van der Waals surface area contributed by atoms with Crippen LogP contribution in [0.5, 0.6) is 0 Å². The van der Waals surface area contributed by atoms with Crippen LogP contribution in [0.3, 0.4) is 0 Å². The number of fused-ring (bicyclic) bond motifs is 1. The number of alkyl halides is 3. The van der Waals surface area contributed by atoms with Gasteiger partial charge in [0.2, 0.25) is 0 Å². The van der Waals surface area contributed by atoms with Crippen molar-refractivity contribution in [3.05, 3.63) is 59.5 Å². The van der Waals surface area contributed by atoms with E-state index in [1.54, 1.807) is 6.07 Å². The molecular formula is C23H26F4N4O. The Balaban J connectivity index is 1.75. The Kier molecular flexibility index (Phi) is 7.40. The molecule has 0 aromatic heterocycles. The second kappa shape index (κ2) is 10.0. The molecule has 0 bridgehead atoms. The predicted molar refractivity (Wildman–Crippen MR) is 119 cm³/mol. The molecule has 9 heteroatoms.